The van der Waals surface area contributed by atoms with Gasteiger partial charge in [-0.2, -0.15) is 0 Å². The number of pyridine rings is 1. The van der Waals surface area contributed by atoms with Crippen LogP contribution in [0.4, 0.5) is 0 Å². The smallest absolute Gasteiger partial charge is 0.160 e. The molecule has 2 aromatic rings. The summed E-state index contributed by atoms with van der Waals surface area (Å²) in [7, 11) is 0. The van der Waals surface area contributed by atoms with Crippen LogP contribution in [0.3, 0.4) is 0 Å². The maximum atomic E-state index is 6.02. The molecule has 14 heavy (non-hydrogen) atoms. The molecule has 0 fully saturated rings. The van der Waals surface area contributed by atoms with Crippen molar-refractivity contribution >= 4 is 5.65 Å². The fourth-order valence-corrected chi connectivity index (χ4v) is 1.39. The molecule has 0 saturated carbocycles. The van der Waals surface area contributed by atoms with Gasteiger partial charge in [0.15, 0.2) is 11.5 Å². The minimum Gasteiger partial charge on any atom is -0.321 e. The Morgan fingerprint density at radius 2 is 2.07 bits per heavy atom. The van der Waals surface area contributed by atoms with Crippen molar-refractivity contribution in [2.24, 2.45) is 11.7 Å². The van der Waals surface area contributed by atoms with Gasteiger partial charge in [-0.3, -0.25) is 4.40 Å². The Balaban J connectivity index is 2.53. The lowest BCUT2D eigenvalue weighted by molar-refractivity contribution is 0.486. The minimum absolute atomic E-state index is 0.0626. The van der Waals surface area contributed by atoms with E-state index in [0.29, 0.717) is 5.92 Å². The van der Waals surface area contributed by atoms with E-state index in [1.54, 1.807) is 0 Å². The molecule has 0 aliphatic rings. The molecule has 2 rings (SSSR count). The molecule has 1 atom stereocenters. The Morgan fingerprint density at radius 3 is 2.79 bits per heavy atom. The van der Waals surface area contributed by atoms with Crippen LogP contribution in [0.2, 0.25) is 0 Å². The minimum atomic E-state index is -0.0626. The van der Waals surface area contributed by atoms with E-state index in [1.165, 1.54) is 0 Å². The molecule has 0 amide bonds. The summed E-state index contributed by atoms with van der Waals surface area (Å²) in [4.78, 5) is 0. The summed E-state index contributed by atoms with van der Waals surface area (Å²) in [6.45, 7) is 4.16. The van der Waals surface area contributed by atoms with E-state index in [0.717, 1.165) is 11.5 Å². The molecule has 0 saturated heterocycles. The van der Waals surface area contributed by atoms with Crippen LogP contribution >= 0.6 is 0 Å². The quantitative estimate of drug-likeness (QED) is 0.778. The Morgan fingerprint density at radius 1 is 1.29 bits per heavy atom. The summed E-state index contributed by atoms with van der Waals surface area (Å²) in [5.41, 5.74) is 6.87. The third-order valence-electron chi connectivity index (χ3n) is 2.36. The van der Waals surface area contributed by atoms with E-state index in [9.17, 15) is 0 Å². The monoisotopic (exact) mass is 190 g/mol. The van der Waals surface area contributed by atoms with Crippen molar-refractivity contribution in [3.63, 3.8) is 0 Å². The molecule has 4 heteroatoms. The van der Waals surface area contributed by atoms with Crippen LogP contribution in [-0.2, 0) is 0 Å². The number of aromatic nitrogens is 3. The average Bonchev–Trinajstić information content (AvgIpc) is 2.60. The highest BCUT2D eigenvalue weighted by atomic mass is 15.3. The van der Waals surface area contributed by atoms with Gasteiger partial charge in [0, 0.05) is 6.20 Å². The van der Waals surface area contributed by atoms with Crippen molar-refractivity contribution in [3.8, 4) is 0 Å². The predicted octanol–water partition coefficient (Wildman–Crippen LogP) is 1.39. The van der Waals surface area contributed by atoms with E-state index in [1.807, 2.05) is 28.8 Å². The summed E-state index contributed by atoms with van der Waals surface area (Å²) < 4.78 is 1.94. The fraction of sp³-hybridized carbons (Fsp3) is 0.400. The van der Waals surface area contributed by atoms with E-state index >= 15 is 0 Å². The van der Waals surface area contributed by atoms with Gasteiger partial charge in [0.2, 0.25) is 0 Å². The van der Waals surface area contributed by atoms with Crippen LogP contribution in [0.5, 0.6) is 0 Å². The zero-order chi connectivity index (χ0) is 10.1. The number of hydrogen-bond acceptors (Lipinski definition) is 3. The molecular weight excluding hydrogens is 176 g/mol. The van der Waals surface area contributed by atoms with Crippen LogP contribution in [0.15, 0.2) is 24.4 Å². The second-order valence-corrected chi connectivity index (χ2v) is 3.76. The Labute approximate surface area is 82.8 Å². The largest absolute Gasteiger partial charge is 0.321 e. The molecule has 2 heterocycles. The molecule has 0 bridgehead atoms. The molecule has 0 aliphatic heterocycles. The molecule has 4 nitrogen and oxygen atoms in total. The summed E-state index contributed by atoms with van der Waals surface area (Å²) >= 11 is 0. The van der Waals surface area contributed by atoms with Gasteiger partial charge in [0.25, 0.3) is 0 Å². The molecule has 0 aliphatic carbocycles. The van der Waals surface area contributed by atoms with Crippen LogP contribution < -0.4 is 5.73 Å². The first-order valence-corrected chi connectivity index (χ1v) is 4.75. The zero-order valence-corrected chi connectivity index (χ0v) is 8.38. The molecule has 0 radical (unpaired) electrons. The number of nitrogens with zero attached hydrogens (tertiary/aromatic N) is 3. The first-order valence-electron chi connectivity index (χ1n) is 4.75. The fourth-order valence-electron chi connectivity index (χ4n) is 1.39. The van der Waals surface area contributed by atoms with Crippen LogP contribution in [0.25, 0.3) is 5.65 Å². The molecule has 2 aromatic heterocycles. The molecule has 2 N–H and O–H groups in total. The van der Waals surface area contributed by atoms with Crippen molar-refractivity contribution in [1.29, 1.82) is 0 Å². The van der Waals surface area contributed by atoms with Crippen LogP contribution in [-0.4, -0.2) is 14.6 Å². The first-order chi connectivity index (χ1) is 6.70. The van der Waals surface area contributed by atoms with Crippen LogP contribution in [0, 0.1) is 5.92 Å². The van der Waals surface area contributed by atoms with E-state index < -0.39 is 0 Å². The predicted molar refractivity (Wildman–Crippen MR) is 54.8 cm³/mol. The highest BCUT2D eigenvalue weighted by molar-refractivity contribution is 5.37. The van der Waals surface area contributed by atoms with Crippen LogP contribution in [0.1, 0.15) is 25.7 Å². The second kappa shape index (κ2) is 3.38. The number of hydrogen-bond donors (Lipinski definition) is 1. The number of nitrogens with two attached hydrogens (primary N) is 1. The maximum Gasteiger partial charge on any atom is 0.160 e. The Hall–Kier alpha value is -1.42. The van der Waals surface area contributed by atoms with Gasteiger partial charge < -0.3 is 5.73 Å². The Bertz CT molecular complexity index is 432. The second-order valence-electron chi connectivity index (χ2n) is 3.76. The number of rotatable bonds is 2. The lowest BCUT2D eigenvalue weighted by atomic mass is 10.1. The van der Waals surface area contributed by atoms with Gasteiger partial charge in [-0.05, 0) is 18.1 Å². The highest BCUT2D eigenvalue weighted by Gasteiger charge is 2.16. The maximum absolute atomic E-state index is 6.02. The van der Waals surface area contributed by atoms with E-state index in [2.05, 4.69) is 24.0 Å². The van der Waals surface area contributed by atoms with Gasteiger partial charge in [0.1, 0.15) is 0 Å². The third-order valence-corrected chi connectivity index (χ3v) is 2.36. The van der Waals surface area contributed by atoms with E-state index in [4.69, 9.17) is 5.73 Å². The molecule has 1 unspecified atom stereocenters. The molecular formula is C10H14N4. The third kappa shape index (κ3) is 1.37. The SMILES string of the molecule is CC(C)C(N)c1nnc2ccccn12. The van der Waals surface area contributed by atoms with Crippen molar-refractivity contribution in [1.82, 2.24) is 14.6 Å². The van der Waals surface area contributed by atoms with Crippen molar-refractivity contribution < 1.29 is 0 Å². The Kier molecular flexibility index (Phi) is 2.21. The molecule has 74 valence electrons. The average molecular weight is 190 g/mol. The normalized spacial score (nSPS) is 13.7. The first kappa shape index (κ1) is 9.15. The lowest BCUT2D eigenvalue weighted by Gasteiger charge is -2.12. The van der Waals surface area contributed by atoms with Gasteiger partial charge in [-0.1, -0.05) is 19.9 Å². The summed E-state index contributed by atoms with van der Waals surface area (Å²) in [6, 6.07) is 5.75. The number of fused-ring (bicyclic) bond motifs is 1. The van der Waals surface area contributed by atoms with Gasteiger partial charge in [0.05, 0.1) is 6.04 Å². The van der Waals surface area contributed by atoms with Gasteiger partial charge in [-0.15, -0.1) is 10.2 Å². The van der Waals surface area contributed by atoms with Gasteiger partial charge in [-0.25, -0.2) is 0 Å². The highest BCUT2D eigenvalue weighted by Crippen LogP contribution is 2.17. The topological polar surface area (TPSA) is 56.2 Å². The standard InChI is InChI=1S/C10H14N4/c1-7(2)9(11)10-13-12-8-5-3-4-6-14(8)10/h3-7,9H,11H2,1-2H3. The lowest BCUT2D eigenvalue weighted by Crippen LogP contribution is -2.19. The molecule has 0 spiro atoms. The summed E-state index contributed by atoms with van der Waals surface area (Å²) in [5.74, 6) is 1.19. The van der Waals surface area contributed by atoms with Crippen molar-refractivity contribution in [3.05, 3.63) is 30.2 Å². The molecule has 0 aromatic carbocycles. The van der Waals surface area contributed by atoms with Crippen molar-refractivity contribution in [2.45, 2.75) is 19.9 Å². The summed E-state index contributed by atoms with van der Waals surface area (Å²) in [5, 5.41) is 8.16. The zero-order valence-electron chi connectivity index (χ0n) is 8.38. The van der Waals surface area contributed by atoms with E-state index in [-0.39, 0.29) is 6.04 Å². The van der Waals surface area contributed by atoms with Crippen molar-refractivity contribution in [2.75, 3.05) is 0 Å². The summed E-state index contributed by atoms with van der Waals surface area (Å²) in [6.07, 6.45) is 1.94. The van der Waals surface area contributed by atoms with Gasteiger partial charge >= 0.3 is 0 Å².